The molecular formula is C21H15BrF2N2. The summed E-state index contributed by atoms with van der Waals surface area (Å²) in [6.45, 7) is 3.71. The second-order valence-electron chi connectivity index (χ2n) is 5.91. The van der Waals surface area contributed by atoms with Crippen LogP contribution in [-0.4, -0.2) is 4.57 Å². The molecule has 0 aliphatic carbocycles. The maximum atomic E-state index is 14.4. The zero-order valence-electron chi connectivity index (χ0n) is 14.2. The number of nitriles is 1. The summed E-state index contributed by atoms with van der Waals surface area (Å²) in [6, 6.07) is 14.9. The normalized spacial score (nSPS) is 11.5. The average Bonchev–Trinajstić information content (AvgIpc) is 2.88. The van der Waals surface area contributed by atoms with E-state index >= 15 is 0 Å². The summed E-state index contributed by atoms with van der Waals surface area (Å²) in [5, 5.41) is 9.47. The molecule has 1 heterocycles. The van der Waals surface area contributed by atoms with E-state index in [-0.39, 0.29) is 17.0 Å². The van der Waals surface area contributed by atoms with Crippen LogP contribution < -0.4 is 0 Å². The molecule has 0 unspecified atom stereocenters. The first-order valence-electron chi connectivity index (χ1n) is 7.93. The van der Waals surface area contributed by atoms with Gasteiger partial charge in [-0.1, -0.05) is 34.1 Å². The molecule has 0 aliphatic heterocycles. The highest BCUT2D eigenvalue weighted by Crippen LogP contribution is 2.28. The molecule has 0 atom stereocenters. The lowest BCUT2D eigenvalue weighted by Crippen LogP contribution is -2.02. The van der Waals surface area contributed by atoms with E-state index in [1.54, 1.807) is 41.0 Å². The van der Waals surface area contributed by atoms with Crippen molar-refractivity contribution in [1.29, 1.82) is 5.26 Å². The van der Waals surface area contributed by atoms with Crippen LogP contribution in [-0.2, 0) is 0 Å². The van der Waals surface area contributed by atoms with E-state index in [0.29, 0.717) is 10.2 Å². The number of aryl methyl sites for hydroxylation is 1. The van der Waals surface area contributed by atoms with Gasteiger partial charge in [-0.2, -0.15) is 5.26 Å². The van der Waals surface area contributed by atoms with Crippen molar-refractivity contribution in [1.82, 2.24) is 4.57 Å². The molecule has 0 saturated carbocycles. The highest BCUT2D eigenvalue weighted by molar-refractivity contribution is 9.10. The van der Waals surface area contributed by atoms with Crippen molar-refractivity contribution in [2.24, 2.45) is 0 Å². The Morgan fingerprint density at radius 3 is 2.46 bits per heavy atom. The number of allylic oxidation sites excluding steroid dienone is 1. The molecule has 0 aliphatic rings. The maximum absolute atomic E-state index is 14.4. The third-order valence-electron chi connectivity index (χ3n) is 4.21. The summed E-state index contributed by atoms with van der Waals surface area (Å²) in [7, 11) is 0. The number of hydrogen-bond acceptors (Lipinski definition) is 1. The van der Waals surface area contributed by atoms with E-state index in [2.05, 4.69) is 22.0 Å². The van der Waals surface area contributed by atoms with Crippen molar-refractivity contribution in [3.8, 4) is 11.8 Å². The predicted molar refractivity (Wildman–Crippen MR) is 103 cm³/mol. The van der Waals surface area contributed by atoms with E-state index in [9.17, 15) is 14.0 Å². The minimum atomic E-state index is -0.451. The Morgan fingerprint density at radius 1 is 1.08 bits per heavy atom. The number of hydrogen-bond donors (Lipinski definition) is 0. The molecule has 0 radical (unpaired) electrons. The lowest BCUT2D eigenvalue weighted by atomic mass is 10.0. The molecule has 130 valence electrons. The van der Waals surface area contributed by atoms with Gasteiger partial charge in [0.05, 0.1) is 17.3 Å². The molecule has 1 aromatic heterocycles. The minimum Gasteiger partial charge on any atom is -0.315 e. The van der Waals surface area contributed by atoms with Crippen molar-refractivity contribution in [3.63, 3.8) is 0 Å². The molecule has 3 aromatic rings. The SMILES string of the molecule is Cc1cc(C=C(C#N)c2ccccc2F)c(C)n1-c1ccc(Br)cc1F. The van der Waals surface area contributed by atoms with Crippen molar-refractivity contribution >= 4 is 27.6 Å². The van der Waals surface area contributed by atoms with Gasteiger partial charge in [0.15, 0.2) is 0 Å². The van der Waals surface area contributed by atoms with E-state index in [1.165, 1.54) is 12.1 Å². The first-order valence-corrected chi connectivity index (χ1v) is 8.72. The fourth-order valence-electron chi connectivity index (χ4n) is 2.97. The second kappa shape index (κ2) is 7.27. The van der Waals surface area contributed by atoms with Gasteiger partial charge in [0.1, 0.15) is 11.6 Å². The predicted octanol–water partition coefficient (Wildman–Crippen LogP) is 6.20. The highest BCUT2D eigenvalue weighted by atomic mass is 79.9. The van der Waals surface area contributed by atoms with Gasteiger partial charge in [0.25, 0.3) is 0 Å². The largest absolute Gasteiger partial charge is 0.315 e. The molecule has 2 nitrogen and oxygen atoms in total. The van der Waals surface area contributed by atoms with Crippen molar-refractivity contribution in [3.05, 3.63) is 87.2 Å². The molecule has 0 N–H and O–H groups in total. The van der Waals surface area contributed by atoms with E-state index in [4.69, 9.17) is 0 Å². The molecule has 2 aromatic carbocycles. The zero-order chi connectivity index (χ0) is 18.8. The number of halogens is 3. The number of benzene rings is 2. The summed E-state index contributed by atoms with van der Waals surface area (Å²) in [5.41, 5.74) is 3.22. The Bertz CT molecular complexity index is 1060. The molecule has 0 saturated heterocycles. The summed E-state index contributed by atoms with van der Waals surface area (Å²) in [4.78, 5) is 0. The van der Waals surface area contributed by atoms with Gasteiger partial charge < -0.3 is 4.57 Å². The van der Waals surface area contributed by atoms with Gasteiger partial charge in [-0.3, -0.25) is 0 Å². The van der Waals surface area contributed by atoms with Gasteiger partial charge >= 0.3 is 0 Å². The molecule has 0 bridgehead atoms. The minimum absolute atomic E-state index is 0.222. The Kier molecular flexibility index (Phi) is 5.06. The standard InChI is InChI=1S/C21H15BrF2N2/c1-13-9-15(10-16(12-25)18-5-3-4-6-19(18)23)14(2)26(13)21-8-7-17(22)11-20(21)24/h3-11H,1-2H3. The first-order chi connectivity index (χ1) is 12.4. The molecule has 5 heteroatoms. The van der Waals surface area contributed by atoms with Crippen LogP contribution >= 0.6 is 15.9 Å². The zero-order valence-corrected chi connectivity index (χ0v) is 15.8. The van der Waals surface area contributed by atoms with Crippen LogP contribution in [0.2, 0.25) is 0 Å². The lowest BCUT2D eigenvalue weighted by Gasteiger charge is -2.11. The Labute approximate surface area is 159 Å². The number of nitrogens with zero attached hydrogens (tertiary/aromatic N) is 2. The molecule has 26 heavy (non-hydrogen) atoms. The molecule has 3 rings (SSSR count). The summed E-state index contributed by atoms with van der Waals surface area (Å²) < 4.78 is 30.8. The third-order valence-corrected chi connectivity index (χ3v) is 4.70. The quantitative estimate of drug-likeness (QED) is 0.470. The van der Waals surface area contributed by atoms with Crippen molar-refractivity contribution < 1.29 is 8.78 Å². The Balaban J connectivity index is 2.14. The van der Waals surface area contributed by atoms with E-state index in [0.717, 1.165) is 17.0 Å². The Hall–Kier alpha value is -2.71. The van der Waals surface area contributed by atoms with Crippen LogP contribution in [0.3, 0.4) is 0 Å². The van der Waals surface area contributed by atoms with Gasteiger partial charge in [-0.15, -0.1) is 0 Å². The fourth-order valence-corrected chi connectivity index (χ4v) is 3.31. The van der Waals surface area contributed by atoms with Crippen LogP contribution in [0.5, 0.6) is 0 Å². The highest BCUT2D eigenvalue weighted by Gasteiger charge is 2.15. The maximum Gasteiger partial charge on any atom is 0.148 e. The van der Waals surface area contributed by atoms with Crippen LogP contribution in [0.15, 0.2) is 53.0 Å². The first kappa shape index (κ1) is 18.1. The number of rotatable bonds is 3. The van der Waals surface area contributed by atoms with Crippen LogP contribution in [0.25, 0.3) is 17.3 Å². The number of aromatic nitrogens is 1. The third kappa shape index (κ3) is 3.33. The van der Waals surface area contributed by atoms with E-state index < -0.39 is 5.82 Å². The lowest BCUT2D eigenvalue weighted by molar-refractivity contribution is 0.615. The molecular weight excluding hydrogens is 398 g/mol. The van der Waals surface area contributed by atoms with E-state index in [1.807, 2.05) is 19.9 Å². The monoisotopic (exact) mass is 412 g/mol. The fraction of sp³-hybridized carbons (Fsp3) is 0.0952. The smallest absolute Gasteiger partial charge is 0.148 e. The van der Waals surface area contributed by atoms with Gasteiger partial charge in [-0.25, -0.2) is 8.78 Å². The molecule has 0 amide bonds. The van der Waals surface area contributed by atoms with Gasteiger partial charge in [-0.05, 0) is 55.8 Å². The average molecular weight is 413 g/mol. The van der Waals surface area contributed by atoms with Crippen LogP contribution in [0.1, 0.15) is 22.5 Å². The summed E-state index contributed by atoms with van der Waals surface area (Å²) >= 11 is 3.26. The van der Waals surface area contributed by atoms with Crippen molar-refractivity contribution in [2.75, 3.05) is 0 Å². The van der Waals surface area contributed by atoms with Gasteiger partial charge in [0, 0.05) is 21.4 Å². The summed E-state index contributed by atoms with van der Waals surface area (Å²) in [6.07, 6.45) is 1.63. The molecule has 0 fully saturated rings. The second-order valence-corrected chi connectivity index (χ2v) is 6.82. The Morgan fingerprint density at radius 2 is 1.81 bits per heavy atom. The van der Waals surface area contributed by atoms with Crippen LogP contribution in [0, 0.1) is 36.8 Å². The summed E-state index contributed by atoms with van der Waals surface area (Å²) in [5.74, 6) is -0.806. The van der Waals surface area contributed by atoms with Crippen molar-refractivity contribution in [2.45, 2.75) is 13.8 Å². The topological polar surface area (TPSA) is 28.7 Å². The van der Waals surface area contributed by atoms with Crippen LogP contribution in [0.4, 0.5) is 8.78 Å². The molecule has 0 spiro atoms. The van der Waals surface area contributed by atoms with Gasteiger partial charge in [0.2, 0.25) is 0 Å².